The van der Waals surface area contributed by atoms with Gasteiger partial charge >= 0.3 is 5.97 Å². The van der Waals surface area contributed by atoms with Gasteiger partial charge in [-0.15, -0.1) is 0 Å². The number of carbonyl (C=O) groups is 2. The number of hydrogen-bond donors (Lipinski definition) is 1. The molecule has 6 nitrogen and oxygen atoms in total. The lowest BCUT2D eigenvalue weighted by Crippen LogP contribution is -2.43. The van der Waals surface area contributed by atoms with Gasteiger partial charge in [0.15, 0.2) is 6.17 Å². The number of fused-ring (bicyclic) bond motifs is 1. The number of amides is 1. The Balaban J connectivity index is 1.70. The Morgan fingerprint density at radius 3 is 2.57 bits per heavy atom. The standard InChI is InChI=1S/C24H29N3O3/c1-3-30-21(28)16-8-5-11-17-25-23-24(29)27(2)20-15-10-9-14-19(20)22(26-23)18-12-6-4-7-13-18/h4,6-7,9-10,12-15,23,25H,3,5,8,11,16-17H2,1-2H3/t23-/m1/s1. The van der Waals surface area contributed by atoms with E-state index in [9.17, 15) is 9.59 Å². The molecule has 0 bridgehead atoms. The third-order valence-corrected chi connectivity index (χ3v) is 5.09. The fraction of sp³-hybridized carbons (Fsp3) is 0.375. The van der Waals surface area contributed by atoms with Crippen LogP contribution in [0.2, 0.25) is 0 Å². The van der Waals surface area contributed by atoms with Crippen molar-refractivity contribution in [2.45, 2.75) is 38.8 Å². The molecule has 0 saturated carbocycles. The van der Waals surface area contributed by atoms with Crippen molar-refractivity contribution in [2.75, 3.05) is 25.1 Å². The van der Waals surface area contributed by atoms with Crippen LogP contribution in [0.3, 0.4) is 0 Å². The molecule has 3 rings (SSSR count). The van der Waals surface area contributed by atoms with Gasteiger partial charge in [0.2, 0.25) is 0 Å². The van der Waals surface area contributed by atoms with E-state index in [0.29, 0.717) is 19.6 Å². The number of benzene rings is 2. The van der Waals surface area contributed by atoms with E-state index in [2.05, 4.69) is 5.32 Å². The molecule has 0 saturated heterocycles. The SMILES string of the molecule is CCOC(=O)CCCCCN[C@@H]1N=C(c2ccccc2)c2ccccc2N(C)C1=O. The summed E-state index contributed by atoms with van der Waals surface area (Å²) in [5.41, 5.74) is 3.58. The van der Waals surface area contributed by atoms with E-state index in [1.807, 2.05) is 61.5 Å². The molecule has 2 aromatic rings. The number of esters is 1. The highest BCUT2D eigenvalue weighted by molar-refractivity contribution is 6.19. The number of likely N-dealkylation sites (N-methyl/N-ethyl adjacent to an activating group) is 1. The predicted octanol–water partition coefficient (Wildman–Crippen LogP) is 3.54. The van der Waals surface area contributed by atoms with Gasteiger partial charge in [0.1, 0.15) is 0 Å². The summed E-state index contributed by atoms with van der Waals surface area (Å²) in [4.78, 5) is 31.0. The normalized spacial score (nSPS) is 15.9. The molecule has 2 aromatic carbocycles. The quantitative estimate of drug-likeness (QED) is 0.510. The van der Waals surface area contributed by atoms with Crippen LogP contribution < -0.4 is 10.2 Å². The van der Waals surface area contributed by atoms with Crippen LogP contribution in [0.4, 0.5) is 5.69 Å². The highest BCUT2D eigenvalue weighted by Gasteiger charge is 2.29. The van der Waals surface area contributed by atoms with Crippen LogP contribution in [0.5, 0.6) is 0 Å². The van der Waals surface area contributed by atoms with Gasteiger partial charge in [0.05, 0.1) is 18.0 Å². The van der Waals surface area contributed by atoms with E-state index < -0.39 is 6.17 Å². The second kappa shape index (κ2) is 10.7. The molecule has 30 heavy (non-hydrogen) atoms. The molecule has 0 spiro atoms. The maximum atomic E-state index is 13.1. The summed E-state index contributed by atoms with van der Waals surface area (Å²) in [6.07, 6.45) is 2.31. The molecule has 1 heterocycles. The van der Waals surface area contributed by atoms with E-state index in [0.717, 1.165) is 41.8 Å². The first kappa shape index (κ1) is 21.7. The summed E-state index contributed by atoms with van der Waals surface area (Å²) in [5, 5.41) is 3.29. The highest BCUT2D eigenvalue weighted by atomic mass is 16.5. The van der Waals surface area contributed by atoms with Crippen LogP contribution in [-0.4, -0.2) is 44.0 Å². The summed E-state index contributed by atoms with van der Waals surface area (Å²) in [6, 6.07) is 17.8. The number of nitrogens with one attached hydrogen (secondary N) is 1. The molecule has 1 aliphatic heterocycles. The van der Waals surface area contributed by atoms with Crippen LogP contribution in [0.1, 0.15) is 43.7 Å². The number of carbonyl (C=O) groups excluding carboxylic acids is 2. The number of para-hydroxylation sites is 1. The molecule has 0 fully saturated rings. The number of aliphatic imine (C=N–C) groups is 1. The molecule has 6 heteroatoms. The lowest BCUT2D eigenvalue weighted by molar-refractivity contribution is -0.143. The number of anilines is 1. The molecule has 1 aliphatic rings. The number of unbranched alkanes of at least 4 members (excludes halogenated alkanes) is 2. The fourth-order valence-corrected chi connectivity index (χ4v) is 3.52. The van der Waals surface area contributed by atoms with Gasteiger partial charge in [-0.25, -0.2) is 0 Å². The van der Waals surface area contributed by atoms with Crippen LogP contribution in [-0.2, 0) is 14.3 Å². The van der Waals surface area contributed by atoms with Crippen molar-refractivity contribution >= 4 is 23.3 Å². The lowest BCUT2D eigenvalue weighted by Gasteiger charge is -2.20. The Morgan fingerprint density at radius 1 is 1.07 bits per heavy atom. The van der Waals surface area contributed by atoms with Crippen molar-refractivity contribution in [3.8, 4) is 0 Å². The predicted molar refractivity (Wildman–Crippen MR) is 119 cm³/mol. The van der Waals surface area contributed by atoms with Crippen molar-refractivity contribution in [1.29, 1.82) is 0 Å². The minimum absolute atomic E-state index is 0.0834. The Hall–Kier alpha value is -2.99. The summed E-state index contributed by atoms with van der Waals surface area (Å²) in [5.74, 6) is -0.235. The van der Waals surface area contributed by atoms with E-state index >= 15 is 0 Å². The number of hydrogen-bond acceptors (Lipinski definition) is 5. The molecule has 0 aromatic heterocycles. The van der Waals surface area contributed by atoms with E-state index in [1.165, 1.54) is 0 Å². The third-order valence-electron chi connectivity index (χ3n) is 5.09. The van der Waals surface area contributed by atoms with Gasteiger partial charge in [-0.2, -0.15) is 0 Å². The minimum atomic E-state index is -0.650. The Bertz CT molecular complexity index is 896. The van der Waals surface area contributed by atoms with E-state index in [1.54, 1.807) is 11.9 Å². The molecular weight excluding hydrogens is 378 g/mol. The number of rotatable bonds is 9. The van der Waals surface area contributed by atoms with Gasteiger partial charge < -0.3 is 9.64 Å². The van der Waals surface area contributed by atoms with Crippen molar-refractivity contribution in [3.05, 3.63) is 65.7 Å². The van der Waals surface area contributed by atoms with Crippen molar-refractivity contribution in [2.24, 2.45) is 4.99 Å². The Kier molecular flexibility index (Phi) is 7.74. The van der Waals surface area contributed by atoms with Crippen molar-refractivity contribution in [1.82, 2.24) is 5.32 Å². The maximum Gasteiger partial charge on any atom is 0.305 e. The second-order valence-electron chi connectivity index (χ2n) is 7.23. The fourth-order valence-electron chi connectivity index (χ4n) is 3.52. The lowest BCUT2D eigenvalue weighted by atomic mass is 10.0. The molecule has 0 aliphatic carbocycles. The summed E-state index contributed by atoms with van der Waals surface area (Å²) < 4.78 is 4.95. The molecular formula is C24H29N3O3. The highest BCUT2D eigenvalue weighted by Crippen LogP contribution is 2.27. The van der Waals surface area contributed by atoms with Crippen LogP contribution in [0, 0.1) is 0 Å². The first-order valence-corrected chi connectivity index (χ1v) is 10.5. The average molecular weight is 408 g/mol. The largest absolute Gasteiger partial charge is 0.466 e. The second-order valence-corrected chi connectivity index (χ2v) is 7.23. The molecule has 1 N–H and O–H groups in total. The number of nitrogens with zero attached hydrogens (tertiary/aromatic N) is 2. The first-order valence-electron chi connectivity index (χ1n) is 10.5. The van der Waals surface area contributed by atoms with Gasteiger partial charge in [-0.1, -0.05) is 55.0 Å². The first-order chi connectivity index (χ1) is 14.6. The van der Waals surface area contributed by atoms with Crippen LogP contribution in [0.25, 0.3) is 0 Å². The topological polar surface area (TPSA) is 71.0 Å². The smallest absolute Gasteiger partial charge is 0.305 e. The summed E-state index contributed by atoms with van der Waals surface area (Å²) in [7, 11) is 1.79. The zero-order valence-corrected chi connectivity index (χ0v) is 17.6. The van der Waals surface area contributed by atoms with Crippen molar-refractivity contribution in [3.63, 3.8) is 0 Å². The number of ether oxygens (including phenoxy) is 1. The van der Waals surface area contributed by atoms with Crippen molar-refractivity contribution < 1.29 is 14.3 Å². The number of benzodiazepines with no additional fused rings is 1. The van der Waals surface area contributed by atoms with Crippen LogP contribution in [0.15, 0.2) is 59.6 Å². The molecule has 1 amide bonds. The zero-order chi connectivity index (χ0) is 21.3. The van der Waals surface area contributed by atoms with E-state index in [4.69, 9.17) is 9.73 Å². The van der Waals surface area contributed by atoms with Gasteiger partial charge in [-0.05, 0) is 32.4 Å². The monoisotopic (exact) mass is 407 g/mol. The summed E-state index contributed by atoms with van der Waals surface area (Å²) >= 11 is 0. The molecule has 158 valence electrons. The van der Waals surface area contributed by atoms with Gasteiger partial charge in [-0.3, -0.25) is 19.9 Å². The molecule has 0 radical (unpaired) electrons. The van der Waals surface area contributed by atoms with Gasteiger partial charge in [0, 0.05) is 24.6 Å². The molecule has 1 atom stereocenters. The zero-order valence-electron chi connectivity index (χ0n) is 17.6. The maximum absolute atomic E-state index is 13.1. The Labute approximate surface area is 178 Å². The molecule has 0 unspecified atom stereocenters. The summed E-state index contributed by atoms with van der Waals surface area (Å²) in [6.45, 7) is 2.88. The Morgan fingerprint density at radius 2 is 1.80 bits per heavy atom. The third kappa shape index (κ3) is 5.33. The van der Waals surface area contributed by atoms with Crippen LogP contribution >= 0.6 is 0 Å². The van der Waals surface area contributed by atoms with E-state index in [-0.39, 0.29) is 11.9 Å². The minimum Gasteiger partial charge on any atom is -0.466 e. The van der Waals surface area contributed by atoms with Gasteiger partial charge in [0.25, 0.3) is 5.91 Å². The average Bonchev–Trinajstić information content (AvgIpc) is 2.87.